The van der Waals surface area contributed by atoms with Crippen molar-refractivity contribution < 1.29 is 9.53 Å². The summed E-state index contributed by atoms with van der Waals surface area (Å²) in [4.78, 5) is 12.5. The molecule has 0 aliphatic heterocycles. The second-order valence-corrected chi connectivity index (χ2v) is 6.22. The van der Waals surface area contributed by atoms with Gasteiger partial charge in [0.25, 0.3) is 0 Å². The Morgan fingerprint density at radius 2 is 2.04 bits per heavy atom. The number of amides is 1. The van der Waals surface area contributed by atoms with E-state index in [2.05, 4.69) is 17.4 Å². The molecule has 2 aromatic carbocycles. The molecule has 130 valence electrons. The molecule has 1 amide bonds. The van der Waals surface area contributed by atoms with E-state index in [0.29, 0.717) is 19.0 Å². The lowest BCUT2D eigenvalue weighted by Gasteiger charge is -2.18. The third kappa shape index (κ3) is 3.65. The van der Waals surface area contributed by atoms with Gasteiger partial charge in [-0.2, -0.15) is 0 Å². The van der Waals surface area contributed by atoms with E-state index >= 15 is 0 Å². The van der Waals surface area contributed by atoms with Gasteiger partial charge in [0.1, 0.15) is 5.75 Å². The van der Waals surface area contributed by atoms with E-state index in [9.17, 15) is 4.79 Å². The summed E-state index contributed by atoms with van der Waals surface area (Å²) >= 11 is 0. The van der Waals surface area contributed by atoms with Gasteiger partial charge in [-0.3, -0.25) is 4.79 Å². The van der Waals surface area contributed by atoms with Crippen LogP contribution in [0.2, 0.25) is 0 Å². The van der Waals surface area contributed by atoms with Gasteiger partial charge in [0, 0.05) is 18.0 Å². The number of hydrogen-bond donors (Lipinski definition) is 2. The zero-order chi connectivity index (χ0) is 16.2. The van der Waals surface area contributed by atoms with Gasteiger partial charge < -0.3 is 15.8 Å². The third-order valence-corrected chi connectivity index (χ3v) is 4.96. The van der Waals surface area contributed by atoms with Crippen LogP contribution in [0.25, 0.3) is 10.8 Å². The van der Waals surface area contributed by atoms with Crippen molar-refractivity contribution in [2.45, 2.75) is 25.8 Å². The predicted octanol–water partition coefficient (Wildman–Crippen LogP) is 3.26. The molecule has 0 radical (unpaired) electrons. The topological polar surface area (TPSA) is 64.3 Å². The summed E-state index contributed by atoms with van der Waals surface area (Å²) in [5, 5.41) is 5.37. The molecule has 0 unspecified atom stereocenters. The number of carbonyl (C=O) groups is 1. The fourth-order valence-corrected chi connectivity index (χ4v) is 3.66. The summed E-state index contributed by atoms with van der Waals surface area (Å²) in [5.74, 6) is 1.31. The van der Waals surface area contributed by atoms with Crippen molar-refractivity contribution in [2.75, 3.05) is 13.7 Å². The first-order chi connectivity index (χ1) is 11.2. The molecule has 24 heavy (non-hydrogen) atoms. The van der Waals surface area contributed by atoms with Crippen LogP contribution >= 0.6 is 12.4 Å². The number of hydrogen-bond acceptors (Lipinski definition) is 3. The Bertz CT molecular complexity index is 705. The maximum atomic E-state index is 12.5. The monoisotopic (exact) mass is 348 g/mol. The van der Waals surface area contributed by atoms with Crippen molar-refractivity contribution in [3.63, 3.8) is 0 Å². The molecule has 4 nitrogen and oxygen atoms in total. The second kappa shape index (κ2) is 8.36. The number of methoxy groups -OCH3 is 1. The molecule has 1 aliphatic carbocycles. The predicted molar refractivity (Wildman–Crippen MR) is 99.5 cm³/mol. The van der Waals surface area contributed by atoms with Gasteiger partial charge in [-0.25, -0.2) is 0 Å². The maximum Gasteiger partial charge on any atom is 0.223 e. The van der Waals surface area contributed by atoms with E-state index in [1.807, 2.05) is 24.3 Å². The minimum atomic E-state index is 0. The first-order valence-electron chi connectivity index (χ1n) is 8.27. The van der Waals surface area contributed by atoms with Crippen LogP contribution in [0, 0.1) is 11.8 Å². The van der Waals surface area contributed by atoms with Crippen LogP contribution in [0.15, 0.2) is 36.4 Å². The van der Waals surface area contributed by atoms with E-state index in [-0.39, 0.29) is 24.2 Å². The highest BCUT2D eigenvalue weighted by atomic mass is 35.5. The van der Waals surface area contributed by atoms with Gasteiger partial charge in [0.15, 0.2) is 0 Å². The van der Waals surface area contributed by atoms with E-state index in [1.54, 1.807) is 7.11 Å². The molecule has 0 heterocycles. The second-order valence-electron chi connectivity index (χ2n) is 6.22. The molecule has 0 spiro atoms. The number of ether oxygens (including phenoxy) is 1. The van der Waals surface area contributed by atoms with Gasteiger partial charge in [0.05, 0.1) is 7.11 Å². The number of fused-ring (bicyclic) bond motifs is 1. The van der Waals surface area contributed by atoms with Gasteiger partial charge in [-0.05, 0) is 42.1 Å². The van der Waals surface area contributed by atoms with Crippen molar-refractivity contribution in [1.82, 2.24) is 5.32 Å². The van der Waals surface area contributed by atoms with Crippen LogP contribution in [0.3, 0.4) is 0 Å². The Kier molecular flexibility index (Phi) is 6.46. The lowest BCUT2D eigenvalue weighted by atomic mass is 9.95. The van der Waals surface area contributed by atoms with Crippen LogP contribution < -0.4 is 15.8 Å². The van der Waals surface area contributed by atoms with E-state index in [1.165, 1.54) is 0 Å². The molecule has 3 rings (SSSR count). The molecular formula is C19H25ClN2O2. The first kappa shape index (κ1) is 18.6. The van der Waals surface area contributed by atoms with Crippen LogP contribution in [0.5, 0.6) is 5.75 Å². The number of halogens is 1. The van der Waals surface area contributed by atoms with Gasteiger partial charge in [-0.1, -0.05) is 36.8 Å². The summed E-state index contributed by atoms with van der Waals surface area (Å²) in [6.45, 7) is 1.08. The zero-order valence-corrected chi connectivity index (χ0v) is 14.8. The van der Waals surface area contributed by atoms with Crippen molar-refractivity contribution in [3.8, 4) is 5.75 Å². The number of benzene rings is 2. The molecule has 1 saturated carbocycles. The minimum absolute atomic E-state index is 0. The van der Waals surface area contributed by atoms with E-state index < -0.39 is 0 Å². The molecule has 5 heteroatoms. The molecule has 0 aromatic heterocycles. The van der Waals surface area contributed by atoms with Crippen LogP contribution in [0.4, 0.5) is 0 Å². The number of nitrogens with one attached hydrogen (secondary N) is 1. The van der Waals surface area contributed by atoms with Crippen LogP contribution in [0.1, 0.15) is 24.8 Å². The van der Waals surface area contributed by atoms with E-state index in [0.717, 1.165) is 41.3 Å². The van der Waals surface area contributed by atoms with Crippen molar-refractivity contribution in [1.29, 1.82) is 0 Å². The smallest absolute Gasteiger partial charge is 0.223 e. The Labute approximate surface area is 149 Å². The van der Waals surface area contributed by atoms with Crippen LogP contribution in [-0.2, 0) is 11.3 Å². The summed E-state index contributed by atoms with van der Waals surface area (Å²) in [7, 11) is 1.66. The summed E-state index contributed by atoms with van der Waals surface area (Å²) in [6, 6.07) is 12.2. The molecule has 1 aliphatic rings. The zero-order valence-electron chi connectivity index (χ0n) is 14.0. The Hall–Kier alpha value is -1.78. The van der Waals surface area contributed by atoms with Gasteiger partial charge in [0.2, 0.25) is 5.91 Å². The van der Waals surface area contributed by atoms with E-state index in [4.69, 9.17) is 10.5 Å². The number of rotatable bonds is 5. The lowest BCUT2D eigenvalue weighted by Crippen LogP contribution is -2.34. The minimum Gasteiger partial charge on any atom is -0.496 e. The first-order valence-corrected chi connectivity index (χ1v) is 8.27. The molecule has 0 saturated heterocycles. The quantitative estimate of drug-likeness (QED) is 0.871. The number of carbonyl (C=O) groups excluding carboxylic acids is 1. The normalized spacial score (nSPS) is 19.8. The third-order valence-electron chi connectivity index (χ3n) is 4.96. The average Bonchev–Trinajstić information content (AvgIpc) is 3.08. The molecule has 1 fully saturated rings. The van der Waals surface area contributed by atoms with Gasteiger partial charge >= 0.3 is 0 Å². The largest absolute Gasteiger partial charge is 0.496 e. The highest BCUT2D eigenvalue weighted by Gasteiger charge is 2.31. The summed E-state index contributed by atoms with van der Waals surface area (Å²) in [6.07, 6.45) is 3.10. The fraction of sp³-hybridized carbons (Fsp3) is 0.421. The highest BCUT2D eigenvalue weighted by Crippen LogP contribution is 2.32. The summed E-state index contributed by atoms with van der Waals surface area (Å²) < 4.78 is 5.48. The van der Waals surface area contributed by atoms with Crippen molar-refractivity contribution in [3.05, 3.63) is 42.0 Å². The van der Waals surface area contributed by atoms with Gasteiger partial charge in [-0.15, -0.1) is 12.4 Å². The van der Waals surface area contributed by atoms with Crippen molar-refractivity contribution >= 4 is 29.1 Å². The average molecular weight is 349 g/mol. The molecule has 2 aromatic rings. The Morgan fingerprint density at radius 3 is 2.79 bits per heavy atom. The fourth-order valence-electron chi connectivity index (χ4n) is 3.66. The highest BCUT2D eigenvalue weighted by molar-refractivity contribution is 5.88. The Morgan fingerprint density at radius 1 is 1.25 bits per heavy atom. The number of nitrogens with two attached hydrogens (primary N) is 1. The van der Waals surface area contributed by atoms with Crippen LogP contribution in [-0.4, -0.2) is 19.6 Å². The SMILES string of the molecule is COc1ccc2ccccc2c1CNC(=O)[C@@H]1CCC[C@@H]1CN.Cl. The summed E-state index contributed by atoms with van der Waals surface area (Å²) in [5.41, 5.74) is 6.82. The standard InChI is InChI=1S/C19H24N2O2.ClH/c1-23-18-10-9-13-5-2-3-7-15(13)17(18)12-21-19(22)16-8-4-6-14(16)11-20;/h2-3,5,7,9-10,14,16H,4,6,8,11-12,20H2,1H3,(H,21,22);1H/t14-,16-;/m1./s1. The molecule has 0 bridgehead atoms. The lowest BCUT2D eigenvalue weighted by molar-refractivity contribution is -0.126. The molecule has 2 atom stereocenters. The Balaban J connectivity index is 0.00000208. The maximum absolute atomic E-state index is 12.5. The van der Waals surface area contributed by atoms with Crippen molar-refractivity contribution in [2.24, 2.45) is 17.6 Å². The molecule has 3 N–H and O–H groups in total. The molecular weight excluding hydrogens is 324 g/mol.